The summed E-state index contributed by atoms with van der Waals surface area (Å²) in [5.41, 5.74) is 0.915. The highest BCUT2D eigenvalue weighted by atomic mass is 16.5. The maximum atomic E-state index is 12.2. The summed E-state index contributed by atoms with van der Waals surface area (Å²) < 4.78 is 5.13. The number of amides is 2. The smallest absolute Gasteiger partial charge is 0.408 e. The Morgan fingerprint density at radius 3 is 2.43 bits per heavy atom. The van der Waals surface area contributed by atoms with Gasteiger partial charge in [-0.15, -0.1) is 0 Å². The number of hydrogen-bond acceptors (Lipinski definition) is 3. The Morgan fingerprint density at radius 2 is 1.78 bits per heavy atom. The van der Waals surface area contributed by atoms with E-state index in [0.29, 0.717) is 0 Å². The molecule has 5 heteroatoms. The number of nitrogens with one attached hydrogen (secondary N) is 2. The summed E-state index contributed by atoms with van der Waals surface area (Å²) in [7, 11) is 0. The van der Waals surface area contributed by atoms with E-state index in [1.165, 1.54) is 12.8 Å². The minimum Gasteiger partial charge on any atom is -0.445 e. The predicted molar refractivity (Wildman–Crippen MR) is 88.9 cm³/mol. The molecule has 23 heavy (non-hydrogen) atoms. The fourth-order valence-corrected chi connectivity index (χ4v) is 2.76. The molecule has 0 aromatic heterocycles. The number of hydrogen-bond donors (Lipinski definition) is 2. The van der Waals surface area contributed by atoms with Gasteiger partial charge in [0, 0.05) is 6.04 Å². The number of benzene rings is 1. The summed E-state index contributed by atoms with van der Waals surface area (Å²) in [6, 6.07) is 9.09. The molecule has 1 aromatic carbocycles. The van der Waals surface area contributed by atoms with Crippen LogP contribution in [0.1, 0.15) is 51.0 Å². The van der Waals surface area contributed by atoms with E-state index in [9.17, 15) is 9.59 Å². The molecule has 1 saturated carbocycles. The zero-order chi connectivity index (χ0) is 16.5. The molecule has 2 amide bonds. The number of alkyl carbamates (subject to hydrolysis) is 1. The molecule has 0 spiro atoms. The van der Waals surface area contributed by atoms with E-state index in [1.54, 1.807) is 6.92 Å². The van der Waals surface area contributed by atoms with E-state index in [4.69, 9.17) is 4.74 Å². The van der Waals surface area contributed by atoms with E-state index < -0.39 is 12.1 Å². The molecule has 5 nitrogen and oxygen atoms in total. The molecule has 1 aliphatic carbocycles. The van der Waals surface area contributed by atoms with Gasteiger partial charge in [0.2, 0.25) is 5.91 Å². The van der Waals surface area contributed by atoms with E-state index in [0.717, 1.165) is 31.2 Å². The highest BCUT2D eigenvalue weighted by molar-refractivity contribution is 5.85. The minimum atomic E-state index is -0.596. The van der Waals surface area contributed by atoms with Gasteiger partial charge in [0.25, 0.3) is 0 Å². The van der Waals surface area contributed by atoms with Crippen molar-refractivity contribution in [2.45, 2.75) is 64.1 Å². The summed E-state index contributed by atoms with van der Waals surface area (Å²) in [6.07, 6.45) is 6.28. The van der Waals surface area contributed by atoms with Gasteiger partial charge in [0.15, 0.2) is 0 Å². The van der Waals surface area contributed by atoms with Crippen molar-refractivity contribution in [1.82, 2.24) is 10.6 Å². The molecule has 2 rings (SSSR count). The van der Waals surface area contributed by atoms with E-state index in [-0.39, 0.29) is 18.6 Å². The van der Waals surface area contributed by atoms with Crippen molar-refractivity contribution < 1.29 is 14.3 Å². The number of carbonyl (C=O) groups is 2. The van der Waals surface area contributed by atoms with Crippen LogP contribution in [-0.2, 0) is 16.1 Å². The SMILES string of the molecule is C[C@@H](NC(=O)OCc1ccccc1)C(=O)NC1CCCCCC1. The molecule has 2 N–H and O–H groups in total. The molecular weight excluding hydrogens is 292 g/mol. The maximum Gasteiger partial charge on any atom is 0.408 e. The Hall–Kier alpha value is -2.04. The summed E-state index contributed by atoms with van der Waals surface area (Å²) in [5, 5.41) is 5.61. The van der Waals surface area contributed by atoms with Gasteiger partial charge in [-0.2, -0.15) is 0 Å². The number of ether oxygens (including phenoxy) is 1. The Kier molecular flexibility index (Phi) is 6.91. The molecule has 0 radical (unpaired) electrons. The molecule has 1 aliphatic rings. The first kappa shape index (κ1) is 17.3. The van der Waals surface area contributed by atoms with Gasteiger partial charge in [-0.05, 0) is 25.3 Å². The second kappa shape index (κ2) is 9.18. The van der Waals surface area contributed by atoms with Gasteiger partial charge in [-0.25, -0.2) is 4.79 Å². The molecule has 1 fully saturated rings. The average Bonchev–Trinajstić information content (AvgIpc) is 2.82. The monoisotopic (exact) mass is 318 g/mol. The first-order chi connectivity index (χ1) is 11.1. The fourth-order valence-electron chi connectivity index (χ4n) is 2.76. The van der Waals surface area contributed by atoms with Gasteiger partial charge in [0.1, 0.15) is 12.6 Å². The molecule has 0 heterocycles. The lowest BCUT2D eigenvalue weighted by Gasteiger charge is -2.20. The number of rotatable bonds is 5. The lowest BCUT2D eigenvalue weighted by Crippen LogP contribution is -2.48. The van der Waals surface area contributed by atoms with E-state index in [1.807, 2.05) is 30.3 Å². The summed E-state index contributed by atoms with van der Waals surface area (Å²) in [6.45, 7) is 1.87. The van der Waals surface area contributed by atoms with Crippen molar-refractivity contribution in [3.63, 3.8) is 0 Å². The molecule has 0 aliphatic heterocycles. The van der Waals surface area contributed by atoms with Crippen molar-refractivity contribution in [3.05, 3.63) is 35.9 Å². The molecule has 0 saturated heterocycles. The third-order valence-corrected chi connectivity index (χ3v) is 4.14. The lowest BCUT2D eigenvalue weighted by atomic mass is 10.1. The maximum absolute atomic E-state index is 12.2. The Balaban J connectivity index is 1.70. The van der Waals surface area contributed by atoms with Crippen molar-refractivity contribution in [1.29, 1.82) is 0 Å². The average molecular weight is 318 g/mol. The van der Waals surface area contributed by atoms with Gasteiger partial charge < -0.3 is 15.4 Å². The zero-order valence-electron chi connectivity index (χ0n) is 13.7. The largest absolute Gasteiger partial charge is 0.445 e. The van der Waals surface area contributed by atoms with Crippen molar-refractivity contribution in [2.75, 3.05) is 0 Å². The second-order valence-corrected chi connectivity index (χ2v) is 6.12. The van der Waals surface area contributed by atoms with Gasteiger partial charge in [-0.1, -0.05) is 56.0 Å². The van der Waals surface area contributed by atoms with Crippen molar-refractivity contribution in [3.8, 4) is 0 Å². The topological polar surface area (TPSA) is 67.4 Å². The molecule has 0 unspecified atom stereocenters. The van der Waals surface area contributed by atoms with Crippen LogP contribution in [-0.4, -0.2) is 24.1 Å². The third kappa shape index (κ3) is 6.30. The van der Waals surface area contributed by atoms with Gasteiger partial charge >= 0.3 is 6.09 Å². The molecule has 1 aromatic rings. The van der Waals surface area contributed by atoms with Crippen LogP contribution in [0.3, 0.4) is 0 Å². The lowest BCUT2D eigenvalue weighted by molar-refractivity contribution is -0.123. The molecular formula is C18H26N2O3. The standard InChI is InChI=1S/C18H26N2O3/c1-14(17(21)20-16-11-7-2-3-8-12-16)19-18(22)23-13-15-9-5-4-6-10-15/h4-6,9-10,14,16H,2-3,7-8,11-13H2,1H3,(H,19,22)(H,20,21)/t14-/m1/s1. The van der Waals surface area contributed by atoms with E-state index >= 15 is 0 Å². The number of carbonyl (C=O) groups excluding carboxylic acids is 2. The fraction of sp³-hybridized carbons (Fsp3) is 0.556. The Labute approximate surface area is 137 Å². The Morgan fingerprint density at radius 1 is 1.13 bits per heavy atom. The highest BCUT2D eigenvalue weighted by Gasteiger charge is 2.20. The van der Waals surface area contributed by atoms with Crippen molar-refractivity contribution >= 4 is 12.0 Å². The third-order valence-electron chi connectivity index (χ3n) is 4.14. The molecule has 126 valence electrons. The van der Waals surface area contributed by atoms with Crippen LogP contribution in [0, 0.1) is 0 Å². The van der Waals surface area contributed by atoms with E-state index in [2.05, 4.69) is 10.6 Å². The van der Waals surface area contributed by atoms with Crippen LogP contribution in [0.25, 0.3) is 0 Å². The predicted octanol–water partition coefficient (Wildman–Crippen LogP) is 3.14. The first-order valence-corrected chi connectivity index (χ1v) is 8.43. The minimum absolute atomic E-state index is 0.145. The quantitative estimate of drug-likeness (QED) is 0.820. The summed E-state index contributed by atoms with van der Waals surface area (Å²) >= 11 is 0. The van der Waals surface area contributed by atoms with Gasteiger partial charge in [-0.3, -0.25) is 4.79 Å². The first-order valence-electron chi connectivity index (χ1n) is 8.43. The summed E-state index contributed by atoms with van der Waals surface area (Å²) in [4.78, 5) is 23.9. The molecule has 0 bridgehead atoms. The van der Waals surface area contributed by atoms with Crippen LogP contribution in [0.4, 0.5) is 4.79 Å². The Bertz CT molecular complexity index is 496. The van der Waals surface area contributed by atoms with Gasteiger partial charge in [0.05, 0.1) is 0 Å². The molecule has 1 atom stereocenters. The highest BCUT2D eigenvalue weighted by Crippen LogP contribution is 2.17. The van der Waals surface area contributed by atoms with Crippen LogP contribution >= 0.6 is 0 Å². The summed E-state index contributed by atoms with van der Waals surface area (Å²) in [5.74, 6) is -0.145. The second-order valence-electron chi connectivity index (χ2n) is 6.12. The van der Waals surface area contributed by atoms with Crippen LogP contribution in [0.15, 0.2) is 30.3 Å². The van der Waals surface area contributed by atoms with Crippen LogP contribution in [0.2, 0.25) is 0 Å². The normalized spacial score (nSPS) is 16.9. The zero-order valence-corrected chi connectivity index (χ0v) is 13.7. The van der Waals surface area contributed by atoms with Crippen LogP contribution in [0.5, 0.6) is 0 Å². The van der Waals surface area contributed by atoms with Crippen LogP contribution < -0.4 is 10.6 Å². The van der Waals surface area contributed by atoms with Crippen molar-refractivity contribution in [2.24, 2.45) is 0 Å².